The van der Waals surface area contributed by atoms with Crippen molar-refractivity contribution >= 4 is 81.4 Å². The highest BCUT2D eigenvalue weighted by molar-refractivity contribution is 6.27. The molecule has 0 unspecified atom stereocenters. The summed E-state index contributed by atoms with van der Waals surface area (Å²) in [6, 6.07) is 57.9. The second kappa shape index (κ2) is 8.82. The molecule has 0 bridgehead atoms. The molecule has 3 aromatic heterocycles. The summed E-state index contributed by atoms with van der Waals surface area (Å²) in [4.78, 5) is 0. The Labute approximate surface area is 253 Å². The van der Waals surface area contributed by atoms with Crippen LogP contribution < -0.4 is 0 Å². The van der Waals surface area contributed by atoms with Crippen molar-refractivity contribution in [3.63, 3.8) is 0 Å². The smallest absolute Gasteiger partial charge is 0.0619 e. The van der Waals surface area contributed by atoms with Gasteiger partial charge in [-0.3, -0.25) is 0 Å². The van der Waals surface area contributed by atoms with Gasteiger partial charge in [-0.25, -0.2) is 0 Å². The maximum atomic E-state index is 2.53. The maximum Gasteiger partial charge on any atom is 0.0619 e. The van der Waals surface area contributed by atoms with Crippen LogP contribution in [0.25, 0.3) is 87.1 Å². The molecule has 10 aromatic rings. The highest BCUT2D eigenvalue weighted by Crippen LogP contribution is 2.42. The Balaban J connectivity index is 1.55. The van der Waals surface area contributed by atoms with E-state index in [0.29, 0.717) is 0 Å². The Hall–Kier alpha value is -5.86. The first kappa shape index (κ1) is 23.7. The second-order valence-electron chi connectivity index (χ2n) is 11.7. The fourth-order valence-corrected chi connectivity index (χ4v) is 7.65. The van der Waals surface area contributed by atoms with Gasteiger partial charge in [-0.15, -0.1) is 0 Å². The van der Waals surface area contributed by atoms with Crippen molar-refractivity contribution in [2.24, 2.45) is 0 Å². The van der Waals surface area contributed by atoms with Gasteiger partial charge in [0.05, 0.1) is 27.6 Å². The Kier molecular flexibility index (Phi) is 4.75. The van der Waals surface area contributed by atoms with E-state index in [4.69, 9.17) is 0 Å². The Bertz CT molecular complexity index is 2820. The van der Waals surface area contributed by atoms with Crippen molar-refractivity contribution in [1.29, 1.82) is 0 Å². The van der Waals surface area contributed by atoms with Gasteiger partial charge in [0.25, 0.3) is 0 Å². The monoisotopic (exact) mass is 558 g/mol. The van der Waals surface area contributed by atoms with Crippen LogP contribution in [0, 0.1) is 0 Å². The lowest BCUT2D eigenvalue weighted by Gasteiger charge is -2.08. The highest BCUT2D eigenvalue weighted by atomic mass is 15.0. The zero-order valence-electron chi connectivity index (χ0n) is 23.9. The van der Waals surface area contributed by atoms with E-state index < -0.39 is 0 Å². The first-order valence-corrected chi connectivity index (χ1v) is 15.2. The molecular formula is C42H26N2. The lowest BCUT2D eigenvalue weighted by Crippen LogP contribution is -1.92. The average Bonchev–Trinajstić information content (AvgIpc) is 3.60. The van der Waals surface area contributed by atoms with E-state index in [2.05, 4.69) is 167 Å². The van der Waals surface area contributed by atoms with Crippen LogP contribution in [0.15, 0.2) is 158 Å². The van der Waals surface area contributed by atoms with Crippen LogP contribution in [0.2, 0.25) is 0 Å². The molecule has 10 rings (SSSR count). The van der Waals surface area contributed by atoms with E-state index in [-0.39, 0.29) is 0 Å². The van der Waals surface area contributed by atoms with Gasteiger partial charge in [-0.1, -0.05) is 121 Å². The third kappa shape index (κ3) is 3.09. The van der Waals surface area contributed by atoms with Crippen LogP contribution in [-0.4, -0.2) is 8.97 Å². The van der Waals surface area contributed by atoms with Crippen molar-refractivity contribution in [3.05, 3.63) is 158 Å². The molecule has 0 amide bonds. The van der Waals surface area contributed by atoms with Crippen LogP contribution in [0.1, 0.15) is 0 Å². The minimum atomic E-state index is 1.17. The zero-order chi connectivity index (χ0) is 28.8. The topological polar surface area (TPSA) is 9.34 Å². The van der Waals surface area contributed by atoms with Gasteiger partial charge >= 0.3 is 0 Å². The molecule has 2 nitrogen and oxygen atoms in total. The molecule has 0 aliphatic heterocycles. The number of fused-ring (bicyclic) bond motifs is 13. The summed E-state index contributed by atoms with van der Waals surface area (Å²) in [6.07, 6.45) is 0. The van der Waals surface area contributed by atoms with E-state index in [1.807, 2.05) is 0 Å². The third-order valence-corrected chi connectivity index (χ3v) is 9.46. The molecule has 0 fully saturated rings. The predicted octanol–water partition coefficient (Wildman–Crippen LogP) is 11.4. The lowest BCUT2D eigenvalue weighted by atomic mass is 10.0. The van der Waals surface area contributed by atoms with Gasteiger partial charge in [-0.05, 0) is 57.9 Å². The molecular weight excluding hydrogens is 532 g/mol. The molecule has 0 aliphatic carbocycles. The van der Waals surface area contributed by atoms with Crippen molar-refractivity contribution in [3.8, 4) is 5.69 Å². The largest absolute Gasteiger partial charge is 0.309 e. The van der Waals surface area contributed by atoms with Crippen LogP contribution in [0.4, 0.5) is 0 Å². The van der Waals surface area contributed by atoms with Crippen molar-refractivity contribution < 1.29 is 0 Å². The van der Waals surface area contributed by atoms with Gasteiger partial charge in [-0.2, -0.15) is 0 Å². The van der Waals surface area contributed by atoms with Gasteiger partial charge < -0.3 is 8.97 Å². The van der Waals surface area contributed by atoms with Crippen molar-refractivity contribution in [1.82, 2.24) is 8.97 Å². The van der Waals surface area contributed by atoms with E-state index >= 15 is 0 Å². The third-order valence-electron chi connectivity index (χ3n) is 9.46. The van der Waals surface area contributed by atoms with Crippen molar-refractivity contribution in [2.45, 2.75) is 0 Å². The summed E-state index contributed by atoms with van der Waals surface area (Å²) in [7, 11) is 0. The predicted molar refractivity (Wildman–Crippen MR) is 188 cm³/mol. The Morgan fingerprint density at radius 2 is 0.705 bits per heavy atom. The zero-order valence-corrected chi connectivity index (χ0v) is 23.9. The molecule has 0 saturated heterocycles. The van der Waals surface area contributed by atoms with Gasteiger partial charge in [0.2, 0.25) is 0 Å². The number of hydrogen-bond acceptors (Lipinski definition) is 0. The second-order valence-corrected chi connectivity index (χ2v) is 11.7. The Morgan fingerprint density at radius 1 is 0.273 bits per heavy atom. The van der Waals surface area contributed by atoms with Crippen LogP contribution in [0.5, 0.6) is 0 Å². The van der Waals surface area contributed by atoms with Gasteiger partial charge in [0, 0.05) is 38.0 Å². The number of para-hydroxylation sites is 4. The molecule has 44 heavy (non-hydrogen) atoms. The summed E-state index contributed by atoms with van der Waals surface area (Å²) in [5, 5.41) is 12.6. The summed E-state index contributed by atoms with van der Waals surface area (Å²) >= 11 is 0. The summed E-state index contributed by atoms with van der Waals surface area (Å²) in [6.45, 7) is 0. The average molecular weight is 559 g/mol. The van der Waals surface area contributed by atoms with Crippen LogP contribution in [0.3, 0.4) is 0 Å². The van der Waals surface area contributed by atoms with E-state index in [9.17, 15) is 0 Å². The molecule has 0 N–H and O–H groups in total. The molecule has 0 saturated carbocycles. The molecule has 3 heterocycles. The molecule has 7 aromatic carbocycles. The summed E-state index contributed by atoms with van der Waals surface area (Å²) in [5.74, 6) is 0. The first-order chi connectivity index (χ1) is 21.9. The Morgan fingerprint density at radius 3 is 1.39 bits per heavy atom. The fraction of sp³-hybridized carbons (Fsp3) is 0. The summed E-state index contributed by atoms with van der Waals surface area (Å²) < 4.78 is 4.95. The number of rotatable bonds is 1. The first-order valence-electron chi connectivity index (χ1n) is 15.2. The van der Waals surface area contributed by atoms with Crippen LogP contribution >= 0.6 is 0 Å². The minimum absolute atomic E-state index is 1.17. The van der Waals surface area contributed by atoms with Gasteiger partial charge in [0.15, 0.2) is 0 Å². The van der Waals surface area contributed by atoms with Gasteiger partial charge in [0.1, 0.15) is 0 Å². The molecule has 2 heteroatoms. The fourth-order valence-electron chi connectivity index (χ4n) is 7.65. The molecule has 0 spiro atoms. The highest BCUT2D eigenvalue weighted by Gasteiger charge is 2.19. The lowest BCUT2D eigenvalue weighted by molar-refractivity contribution is 1.18. The van der Waals surface area contributed by atoms with Crippen LogP contribution in [-0.2, 0) is 0 Å². The molecule has 0 atom stereocenters. The molecule has 0 radical (unpaired) electrons. The molecule has 204 valence electrons. The number of hydrogen-bond donors (Lipinski definition) is 0. The maximum absolute atomic E-state index is 2.53. The molecule has 0 aliphatic rings. The van der Waals surface area contributed by atoms with E-state index in [1.54, 1.807) is 0 Å². The minimum Gasteiger partial charge on any atom is -0.309 e. The standard InChI is InChI=1S/C42H26N2/c1-2-13-27(14-3-1)43-38-23-10-9-20-33(38)36-25-41-37(26-40(36)43)35-22-12-21-34-31-18-7-5-16-29(31)28-15-4-6-17-30(28)32-19-8-11-24-39(32)44(41)42(34)35/h1-26H. The van der Waals surface area contributed by atoms with Crippen molar-refractivity contribution in [2.75, 3.05) is 0 Å². The normalized spacial score (nSPS) is 12.1. The quantitative estimate of drug-likeness (QED) is 0.190. The van der Waals surface area contributed by atoms with E-state index in [1.165, 1.54) is 87.1 Å². The van der Waals surface area contributed by atoms with E-state index in [0.717, 1.165) is 0 Å². The number of benzene rings is 7. The SMILES string of the molecule is c1ccc(-n2c3ccccc3c3cc4c(cc32)c2cccc3c5ccccc5c5ccccc5c5ccccc5n4c32)cc1. The number of nitrogens with zero attached hydrogens (tertiary/aromatic N) is 2. The number of aromatic nitrogens is 2. The summed E-state index contributed by atoms with van der Waals surface area (Å²) in [5.41, 5.74) is 7.29.